The zero-order valence-electron chi connectivity index (χ0n) is 13.0. The lowest BCUT2D eigenvalue weighted by molar-refractivity contribution is 0.000847. The van der Waals surface area contributed by atoms with Gasteiger partial charge < -0.3 is 20.7 Å². The van der Waals surface area contributed by atoms with Crippen LogP contribution in [0.4, 0.5) is 16.2 Å². The molecule has 0 saturated carbocycles. The Kier molecular flexibility index (Phi) is 5.12. The molecule has 2 rings (SSSR count). The first-order valence-electron chi connectivity index (χ1n) is 7.12. The molecule has 1 aliphatic rings. The smallest absolute Gasteiger partial charge is 0.410 e. The number of nitrogens with zero attached hydrogens (tertiary/aromatic N) is 1. The molecule has 1 heterocycles. The minimum atomic E-state index is -0.455. The van der Waals surface area contributed by atoms with Gasteiger partial charge in [0.25, 0.3) is 0 Å². The van der Waals surface area contributed by atoms with Crippen molar-refractivity contribution in [2.24, 2.45) is 5.92 Å². The van der Waals surface area contributed by atoms with E-state index in [1.165, 1.54) is 0 Å². The summed E-state index contributed by atoms with van der Waals surface area (Å²) in [5.41, 5.74) is 6.94. The second kappa shape index (κ2) is 6.54. The van der Waals surface area contributed by atoms with E-state index in [0.717, 1.165) is 16.7 Å². The Morgan fingerprint density at radius 3 is 2.73 bits per heavy atom. The molecule has 5 nitrogen and oxygen atoms in total. The fourth-order valence-electron chi connectivity index (χ4n) is 2.14. The lowest BCUT2D eigenvalue weighted by Gasteiger charge is -2.40. The minimum absolute atomic E-state index is 0.255. The van der Waals surface area contributed by atoms with Crippen molar-refractivity contribution in [2.75, 3.05) is 30.7 Å². The van der Waals surface area contributed by atoms with Gasteiger partial charge in [-0.3, -0.25) is 0 Å². The topological polar surface area (TPSA) is 67.6 Å². The van der Waals surface area contributed by atoms with Crippen LogP contribution in [0.25, 0.3) is 0 Å². The van der Waals surface area contributed by atoms with Gasteiger partial charge in [0.1, 0.15) is 5.60 Å². The van der Waals surface area contributed by atoms with Crippen molar-refractivity contribution in [3.63, 3.8) is 0 Å². The standard InChI is InChI=1S/C15H21BrClN3O2/c1-15(2,3)22-14(21)20-7-9(8-20)6-19-13-5-11(17)10(16)4-12(13)18/h4-5,9,19H,6-8,18H2,1-3H3. The molecular formula is C15H21BrClN3O2. The van der Waals surface area contributed by atoms with E-state index in [4.69, 9.17) is 22.1 Å². The zero-order chi connectivity index (χ0) is 16.5. The Bertz CT molecular complexity index is 569. The number of benzene rings is 1. The Labute approximate surface area is 144 Å². The molecule has 1 aromatic rings. The molecule has 1 aliphatic heterocycles. The molecule has 1 saturated heterocycles. The molecule has 1 amide bonds. The summed E-state index contributed by atoms with van der Waals surface area (Å²) in [4.78, 5) is 13.5. The number of nitrogen functional groups attached to an aromatic ring is 1. The highest BCUT2D eigenvalue weighted by atomic mass is 79.9. The quantitative estimate of drug-likeness (QED) is 0.767. The summed E-state index contributed by atoms with van der Waals surface area (Å²) in [7, 11) is 0. The number of carbonyl (C=O) groups excluding carboxylic acids is 1. The van der Waals surface area contributed by atoms with Gasteiger partial charge in [0.05, 0.1) is 16.4 Å². The number of anilines is 2. The van der Waals surface area contributed by atoms with Crippen molar-refractivity contribution >= 4 is 45.0 Å². The molecule has 0 spiro atoms. The van der Waals surface area contributed by atoms with E-state index in [1.807, 2.05) is 20.8 Å². The summed E-state index contributed by atoms with van der Waals surface area (Å²) >= 11 is 9.40. The number of halogens is 2. The van der Waals surface area contributed by atoms with Gasteiger partial charge in [-0.2, -0.15) is 0 Å². The van der Waals surface area contributed by atoms with Crippen LogP contribution in [-0.4, -0.2) is 36.2 Å². The summed E-state index contributed by atoms with van der Waals surface area (Å²) in [6.45, 7) is 7.71. The molecule has 0 aliphatic carbocycles. The number of hydrogen-bond donors (Lipinski definition) is 2. The first-order chi connectivity index (χ1) is 10.2. The Hall–Kier alpha value is -1.14. The van der Waals surface area contributed by atoms with Crippen LogP contribution in [0.1, 0.15) is 20.8 Å². The third kappa shape index (κ3) is 4.43. The fraction of sp³-hybridized carbons (Fsp3) is 0.533. The maximum Gasteiger partial charge on any atom is 0.410 e. The highest BCUT2D eigenvalue weighted by Gasteiger charge is 2.33. The monoisotopic (exact) mass is 389 g/mol. The normalized spacial score (nSPS) is 15.4. The maximum absolute atomic E-state index is 11.8. The van der Waals surface area contributed by atoms with Gasteiger partial charge >= 0.3 is 6.09 Å². The number of likely N-dealkylation sites (tertiary alicyclic amines) is 1. The van der Waals surface area contributed by atoms with Crippen LogP contribution in [0.5, 0.6) is 0 Å². The largest absolute Gasteiger partial charge is 0.444 e. The second-order valence-corrected chi connectivity index (χ2v) is 7.75. The van der Waals surface area contributed by atoms with Gasteiger partial charge in [0, 0.05) is 30.0 Å². The van der Waals surface area contributed by atoms with Gasteiger partial charge in [-0.1, -0.05) is 11.6 Å². The molecular weight excluding hydrogens is 370 g/mol. The van der Waals surface area contributed by atoms with Crippen LogP contribution in [0.3, 0.4) is 0 Å². The number of ether oxygens (including phenoxy) is 1. The molecule has 1 aromatic carbocycles. The zero-order valence-corrected chi connectivity index (χ0v) is 15.3. The van der Waals surface area contributed by atoms with Crippen LogP contribution >= 0.6 is 27.5 Å². The number of nitrogens with two attached hydrogens (primary N) is 1. The molecule has 3 N–H and O–H groups in total. The lowest BCUT2D eigenvalue weighted by Crippen LogP contribution is -2.53. The van der Waals surface area contributed by atoms with Gasteiger partial charge in [0.2, 0.25) is 0 Å². The fourth-order valence-corrected chi connectivity index (χ4v) is 2.67. The summed E-state index contributed by atoms with van der Waals surface area (Å²) in [5.74, 6) is 0.384. The van der Waals surface area contributed by atoms with Gasteiger partial charge in [0.15, 0.2) is 0 Å². The van der Waals surface area contributed by atoms with Gasteiger partial charge in [-0.05, 0) is 48.8 Å². The predicted octanol–water partition coefficient (Wildman–Crippen LogP) is 3.96. The average Bonchev–Trinajstić information content (AvgIpc) is 2.31. The number of hydrogen-bond acceptors (Lipinski definition) is 4. The molecule has 0 aromatic heterocycles. The van der Waals surface area contributed by atoms with Crippen LogP contribution in [0.2, 0.25) is 5.02 Å². The Morgan fingerprint density at radius 1 is 1.50 bits per heavy atom. The first-order valence-corrected chi connectivity index (χ1v) is 8.29. The second-order valence-electron chi connectivity index (χ2n) is 6.49. The average molecular weight is 391 g/mol. The molecule has 0 atom stereocenters. The lowest BCUT2D eigenvalue weighted by atomic mass is 10.0. The maximum atomic E-state index is 11.8. The molecule has 0 radical (unpaired) electrons. The summed E-state index contributed by atoms with van der Waals surface area (Å²) in [5, 5.41) is 3.89. The third-order valence-electron chi connectivity index (χ3n) is 3.28. The highest BCUT2D eigenvalue weighted by Crippen LogP contribution is 2.31. The van der Waals surface area contributed by atoms with Gasteiger partial charge in [-0.15, -0.1) is 0 Å². The molecule has 122 valence electrons. The Balaban J connectivity index is 1.79. The first kappa shape index (κ1) is 17.2. The van der Waals surface area contributed by atoms with Crippen molar-refractivity contribution < 1.29 is 9.53 Å². The third-order valence-corrected chi connectivity index (χ3v) is 4.48. The van der Waals surface area contributed by atoms with Crippen LogP contribution in [-0.2, 0) is 4.74 Å². The SMILES string of the molecule is CC(C)(C)OC(=O)N1CC(CNc2cc(Cl)c(Br)cc2N)C1. The summed E-state index contributed by atoms with van der Waals surface area (Å²) in [6.07, 6.45) is -0.255. The number of carbonyl (C=O) groups is 1. The Morgan fingerprint density at radius 2 is 2.14 bits per heavy atom. The van der Waals surface area contributed by atoms with Crippen molar-refractivity contribution in [1.29, 1.82) is 0 Å². The number of amides is 1. The molecule has 7 heteroatoms. The van der Waals surface area contributed by atoms with Crippen LogP contribution in [0.15, 0.2) is 16.6 Å². The summed E-state index contributed by atoms with van der Waals surface area (Å²) < 4.78 is 6.10. The highest BCUT2D eigenvalue weighted by molar-refractivity contribution is 9.10. The molecule has 1 fully saturated rings. The number of rotatable bonds is 3. The van der Waals surface area contributed by atoms with Crippen LogP contribution < -0.4 is 11.1 Å². The van der Waals surface area contributed by atoms with E-state index < -0.39 is 5.60 Å². The van der Waals surface area contributed by atoms with Crippen molar-refractivity contribution in [2.45, 2.75) is 26.4 Å². The molecule has 0 bridgehead atoms. The van der Waals surface area contributed by atoms with E-state index in [1.54, 1.807) is 17.0 Å². The number of nitrogens with one attached hydrogen (secondary N) is 1. The van der Waals surface area contributed by atoms with Crippen molar-refractivity contribution in [1.82, 2.24) is 4.90 Å². The minimum Gasteiger partial charge on any atom is -0.444 e. The predicted molar refractivity (Wildman–Crippen MR) is 93.4 cm³/mol. The summed E-state index contributed by atoms with van der Waals surface area (Å²) in [6, 6.07) is 3.57. The van der Waals surface area contributed by atoms with Crippen molar-refractivity contribution in [3.8, 4) is 0 Å². The van der Waals surface area contributed by atoms with E-state index >= 15 is 0 Å². The van der Waals surface area contributed by atoms with E-state index in [2.05, 4.69) is 21.2 Å². The van der Waals surface area contributed by atoms with Crippen molar-refractivity contribution in [3.05, 3.63) is 21.6 Å². The molecule has 0 unspecified atom stereocenters. The molecule has 22 heavy (non-hydrogen) atoms. The van der Waals surface area contributed by atoms with E-state index in [9.17, 15) is 4.79 Å². The van der Waals surface area contributed by atoms with E-state index in [-0.39, 0.29) is 6.09 Å². The van der Waals surface area contributed by atoms with Crippen LogP contribution in [0, 0.1) is 5.92 Å². The van der Waals surface area contributed by atoms with E-state index in [0.29, 0.717) is 29.7 Å². The van der Waals surface area contributed by atoms with Gasteiger partial charge in [-0.25, -0.2) is 4.79 Å².